The van der Waals surface area contributed by atoms with Gasteiger partial charge in [0, 0.05) is 18.5 Å². The van der Waals surface area contributed by atoms with Crippen molar-refractivity contribution in [3.63, 3.8) is 0 Å². The predicted molar refractivity (Wildman–Crippen MR) is 59.3 cm³/mol. The number of rotatable bonds is 3. The van der Waals surface area contributed by atoms with Crippen LogP contribution in [-0.4, -0.2) is 23.9 Å². The molecule has 1 rings (SSSR count). The van der Waals surface area contributed by atoms with E-state index in [0.29, 0.717) is 0 Å². The summed E-state index contributed by atoms with van der Waals surface area (Å²) in [6, 6.07) is 1.87. The third-order valence-corrected chi connectivity index (χ3v) is 3.37. The molecular formula is C9H12BrNOS. The topological polar surface area (TPSA) is 20.3 Å². The van der Waals surface area contributed by atoms with Gasteiger partial charge in [-0.1, -0.05) is 0 Å². The quantitative estimate of drug-likeness (QED) is 0.820. The van der Waals surface area contributed by atoms with Crippen LogP contribution in [0.25, 0.3) is 0 Å². The maximum Gasteiger partial charge on any atom is 0.254 e. The molecule has 1 aromatic heterocycles. The molecule has 0 radical (unpaired) electrons. The number of carbonyl (C=O) groups is 1. The molecule has 1 heterocycles. The summed E-state index contributed by atoms with van der Waals surface area (Å²) < 4.78 is 1.00. The van der Waals surface area contributed by atoms with Crippen molar-refractivity contribution >= 4 is 33.2 Å². The lowest BCUT2D eigenvalue weighted by Gasteiger charge is -2.17. The highest BCUT2D eigenvalue weighted by atomic mass is 79.9. The molecular weight excluding hydrogens is 250 g/mol. The molecule has 0 saturated heterocycles. The molecule has 0 aromatic carbocycles. The standard InChI is InChI=1S/C9H12BrNOS/c1-3-11(4-2)9(12)7-5-8(10)13-6-7/h5-6H,3-4H2,1-2H3. The van der Waals surface area contributed by atoms with E-state index in [9.17, 15) is 4.79 Å². The van der Waals surface area contributed by atoms with Gasteiger partial charge in [-0.2, -0.15) is 0 Å². The van der Waals surface area contributed by atoms with Crippen LogP contribution >= 0.6 is 27.3 Å². The highest BCUT2D eigenvalue weighted by Crippen LogP contribution is 2.21. The fourth-order valence-corrected chi connectivity index (χ4v) is 2.25. The summed E-state index contributed by atoms with van der Waals surface area (Å²) >= 11 is 4.88. The number of hydrogen-bond donors (Lipinski definition) is 0. The maximum absolute atomic E-state index is 11.7. The SMILES string of the molecule is CCN(CC)C(=O)c1csc(Br)c1. The second-order valence-corrected chi connectivity index (χ2v) is 4.91. The second-order valence-electron chi connectivity index (χ2n) is 2.62. The second kappa shape index (κ2) is 4.77. The summed E-state index contributed by atoms with van der Waals surface area (Å²) in [7, 11) is 0. The van der Waals surface area contributed by atoms with Gasteiger partial charge in [0.05, 0.1) is 9.35 Å². The Morgan fingerprint density at radius 3 is 2.54 bits per heavy atom. The smallest absolute Gasteiger partial charge is 0.254 e. The molecule has 0 spiro atoms. The average Bonchev–Trinajstić information content (AvgIpc) is 2.54. The summed E-state index contributed by atoms with van der Waals surface area (Å²) in [5.41, 5.74) is 0.778. The maximum atomic E-state index is 11.7. The predicted octanol–water partition coefficient (Wildman–Crippen LogP) is 2.99. The Hall–Kier alpha value is -0.350. The van der Waals surface area contributed by atoms with Gasteiger partial charge < -0.3 is 4.90 Å². The Balaban J connectivity index is 2.78. The van der Waals surface area contributed by atoms with Crippen LogP contribution in [0.3, 0.4) is 0 Å². The van der Waals surface area contributed by atoms with Crippen molar-refractivity contribution in [3.05, 3.63) is 20.8 Å². The fourth-order valence-electron chi connectivity index (χ4n) is 1.12. The molecule has 0 aliphatic carbocycles. The van der Waals surface area contributed by atoms with Gasteiger partial charge in [-0.05, 0) is 35.8 Å². The molecule has 1 aromatic rings. The monoisotopic (exact) mass is 261 g/mol. The fraction of sp³-hybridized carbons (Fsp3) is 0.444. The molecule has 0 aliphatic heterocycles. The van der Waals surface area contributed by atoms with Crippen molar-refractivity contribution in [1.29, 1.82) is 0 Å². The minimum absolute atomic E-state index is 0.118. The zero-order valence-corrected chi connectivity index (χ0v) is 10.1. The van der Waals surface area contributed by atoms with Crippen molar-refractivity contribution in [2.24, 2.45) is 0 Å². The van der Waals surface area contributed by atoms with E-state index in [-0.39, 0.29) is 5.91 Å². The Morgan fingerprint density at radius 2 is 2.15 bits per heavy atom. The van der Waals surface area contributed by atoms with Crippen LogP contribution < -0.4 is 0 Å². The molecule has 0 atom stereocenters. The molecule has 0 saturated carbocycles. The lowest BCUT2D eigenvalue weighted by atomic mass is 10.3. The third kappa shape index (κ3) is 2.54. The van der Waals surface area contributed by atoms with Gasteiger partial charge in [-0.3, -0.25) is 4.79 Å². The van der Waals surface area contributed by atoms with E-state index in [4.69, 9.17) is 0 Å². The van der Waals surface area contributed by atoms with Crippen molar-refractivity contribution in [1.82, 2.24) is 4.90 Å². The number of carbonyl (C=O) groups excluding carboxylic acids is 1. The molecule has 0 fully saturated rings. The van der Waals surface area contributed by atoms with E-state index in [1.807, 2.05) is 30.2 Å². The van der Waals surface area contributed by atoms with Gasteiger partial charge in [-0.25, -0.2) is 0 Å². The Kier molecular flexibility index (Phi) is 3.93. The van der Waals surface area contributed by atoms with E-state index in [0.717, 1.165) is 22.4 Å². The Morgan fingerprint density at radius 1 is 1.54 bits per heavy atom. The van der Waals surface area contributed by atoms with E-state index >= 15 is 0 Å². The highest BCUT2D eigenvalue weighted by molar-refractivity contribution is 9.11. The molecule has 13 heavy (non-hydrogen) atoms. The summed E-state index contributed by atoms with van der Waals surface area (Å²) in [6.07, 6.45) is 0. The highest BCUT2D eigenvalue weighted by Gasteiger charge is 2.13. The summed E-state index contributed by atoms with van der Waals surface area (Å²) in [4.78, 5) is 13.5. The van der Waals surface area contributed by atoms with Crippen LogP contribution in [0.1, 0.15) is 24.2 Å². The third-order valence-electron chi connectivity index (χ3n) is 1.87. The number of halogens is 1. The molecule has 0 N–H and O–H groups in total. The van der Waals surface area contributed by atoms with Gasteiger partial charge in [0.1, 0.15) is 0 Å². The first-order valence-electron chi connectivity index (χ1n) is 4.22. The average molecular weight is 262 g/mol. The van der Waals surface area contributed by atoms with Crippen LogP contribution in [0.5, 0.6) is 0 Å². The Labute approximate surface area is 90.7 Å². The number of hydrogen-bond acceptors (Lipinski definition) is 2. The van der Waals surface area contributed by atoms with E-state index < -0.39 is 0 Å². The summed E-state index contributed by atoms with van der Waals surface area (Å²) in [5.74, 6) is 0.118. The molecule has 0 unspecified atom stereocenters. The van der Waals surface area contributed by atoms with Crippen molar-refractivity contribution < 1.29 is 4.79 Å². The van der Waals surface area contributed by atoms with Crippen LogP contribution in [0.15, 0.2) is 15.2 Å². The van der Waals surface area contributed by atoms with Gasteiger partial charge in [-0.15, -0.1) is 11.3 Å². The first kappa shape index (κ1) is 10.7. The van der Waals surface area contributed by atoms with Gasteiger partial charge in [0.2, 0.25) is 0 Å². The molecule has 0 bridgehead atoms. The van der Waals surface area contributed by atoms with Crippen molar-refractivity contribution in [2.75, 3.05) is 13.1 Å². The minimum Gasteiger partial charge on any atom is -0.339 e. The number of nitrogens with zero attached hydrogens (tertiary/aromatic N) is 1. The number of thiophene rings is 1. The molecule has 4 heteroatoms. The number of amides is 1. The van der Waals surface area contributed by atoms with Gasteiger partial charge >= 0.3 is 0 Å². The van der Waals surface area contributed by atoms with Crippen LogP contribution in [0, 0.1) is 0 Å². The van der Waals surface area contributed by atoms with Crippen molar-refractivity contribution in [3.8, 4) is 0 Å². The minimum atomic E-state index is 0.118. The zero-order chi connectivity index (χ0) is 9.84. The van der Waals surface area contributed by atoms with Gasteiger partial charge in [0.25, 0.3) is 5.91 Å². The van der Waals surface area contributed by atoms with E-state index in [1.165, 1.54) is 0 Å². The van der Waals surface area contributed by atoms with Crippen LogP contribution in [0.4, 0.5) is 0 Å². The molecule has 1 amide bonds. The first-order valence-corrected chi connectivity index (χ1v) is 5.89. The van der Waals surface area contributed by atoms with Gasteiger partial charge in [0.15, 0.2) is 0 Å². The first-order chi connectivity index (χ1) is 6.19. The van der Waals surface area contributed by atoms with E-state index in [1.54, 1.807) is 11.3 Å². The van der Waals surface area contributed by atoms with Crippen molar-refractivity contribution in [2.45, 2.75) is 13.8 Å². The molecule has 72 valence electrons. The normalized spacial score (nSPS) is 10.1. The lowest BCUT2D eigenvalue weighted by molar-refractivity contribution is 0.0773. The van der Waals surface area contributed by atoms with E-state index in [2.05, 4.69) is 15.9 Å². The van der Waals surface area contributed by atoms with Crippen LogP contribution in [-0.2, 0) is 0 Å². The lowest BCUT2D eigenvalue weighted by Crippen LogP contribution is -2.30. The zero-order valence-electron chi connectivity index (χ0n) is 7.71. The molecule has 2 nitrogen and oxygen atoms in total. The van der Waals surface area contributed by atoms with Crippen LogP contribution in [0.2, 0.25) is 0 Å². The Bertz CT molecular complexity index is 294. The largest absolute Gasteiger partial charge is 0.339 e. The summed E-state index contributed by atoms with van der Waals surface area (Å²) in [5, 5.41) is 1.88. The molecule has 0 aliphatic rings. The summed E-state index contributed by atoms with van der Waals surface area (Å²) in [6.45, 7) is 5.51.